The summed E-state index contributed by atoms with van der Waals surface area (Å²) in [7, 11) is 0. The fourth-order valence-electron chi connectivity index (χ4n) is 2.16. The van der Waals surface area contributed by atoms with Crippen LogP contribution < -0.4 is 5.32 Å². The maximum Gasteiger partial charge on any atom is 0.323 e. The summed E-state index contributed by atoms with van der Waals surface area (Å²) in [6.45, 7) is 3.63. The smallest absolute Gasteiger partial charge is 0.323 e. The monoisotopic (exact) mass is 350 g/mol. The van der Waals surface area contributed by atoms with E-state index in [1.54, 1.807) is 18.3 Å². The Balaban J connectivity index is 2.27. The zero-order valence-electron chi connectivity index (χ0n) is 11.7. The SMILES string of the molecule is Cc1cc(C)c(NC(=O)c2cccn2CC(=O)O)c(Br)c1. The first-order valence-corrected chi connectivity index (χ1v) is 7.13. The first-order valence-electron chi connectivity index (χ1n) is 6.33. The van der Waals surface area contributed by atoms with E-state index < -0.39 is 5.97 Å². The number of rotatable bonds is 4. The molecule has 0 fully saturated rings. The van der Waals surface area contributed by atoms with Crippen LogP contribution in [0.1, 0.15) is 21.6 Å². The number of nitrogens with zero attached hydrogens (tertiary/aromatic N) is 1. The molecule has 0 saturated carbocycles. The molecule has 0 bridgehead atoms. The second-order valence-electron chi connectivity index (χ2n) is 4.81. The predicted molar refractivity (Wildman–Crippen MR) is 83.6 cm³/mol. The van der Waals surface area contributed by atoms with Crippen LogP contribution in [0.2, 0.25) is 0 Å². The molecule has 21 heavy (non-hydrogen) atoms. The summed E-state index contributed by atoms with van der Waals surface area (Å²) in [6.07, 6.45) is 1.57. The molecule has 1 aromatic heterocycles. The van der Waals surface area contributed by atoms with Gasteiger partial charge in [-0.1, -0.05) is 6.07 Å². The quantitative estimate of drug-likeness (QED) is 0.889. The Kier molecular flexibility index (Phi) is 4.47. The van der Waals surface area contributed by atoms with Crippen molar-refractivity contribution >= 4 is 33.5 Å². The van der Waals surface area contributed by atoms with Crippen LogP contribution >= 0.6 is 15.9 Å². The molecular formula is C15H15BrN2O3. The first kappa shape index (κ1) is 15.3. The van der Waals surface area contributed by atoms with Gasteiger partial charge in [0.15, 0.2) is 0 Å². The fourth-order valence-corrected chi connectivity index (χ4v) is 2.93. The molecule has 0 aliphatic rings. The Hall–Kier alpha value is -2.08. The summed E-state index contributed by atoms with van der Waals surface area (Å²) in [5, 5.41) is 11.7. The van der Waals surface area contributed by atoms with E-state index in [1.807, 2.05) is 26.0 Å². The van der Waals surface area contributed by atoms with Crippen LogP contribution in [0.15, 0.2) is 34.9 Å². The molecule has 0 saturated heterocycles. The number of nitrogens with one attached hydrogen (secondary N) is 1. The molecule has 0 atom stereocenters. The largest absolute Gasteiger partial charge is 0.480 e. The van der Waals surface area contributed by atoms with Crippen LogP contribution in [0.4, 0.5) is 5.69 Å². The number of aromatic nitrogens is 1. The van der Waals surface area contributed by atoms with E-state index in [2.05, 4.69) is 21.2 Å². The molecule has 1 amide bonds. The Morgan fingerprint density at radius 3 is 2.67 bits per heavy atom. The third-order valence-electron chi connectivity index (χ3n) is 3.04. The maximum absolute atomic E-state index is 12.3. The van der Waals surface area contributed by atoms with Gasteiger partial charge in [0.25, 0.3) is 5.91 Å². The number of benzene rings is 1. The van der Waals surface area contributed by atoms with E-state index in [0.717, 1.165) is 15.6 Å². The minimum absolute atomic E-state index is 0.246. The number of hydrogen-bond donors (Lipinski definition) is 2. The summed E-state index contributed by atoms with van der Waals surface area (Å²) in [4.78, 5) is 23.1. The zero-order chi connectivity index (χ0) is 15.6. The molecule has 1 aromatic carbocycles. The van der Waals surface area contributed by atoms with Gasteiger partial charge >= 0.3 is 5.97 Å². The summed E-state index contributed by atoms with van der Waals surface area (Å²) in [5.41, 5.74) is 3.02. The minimum Gasteiger partial charge on any atom is -0.480 e. The van der Waals surface area contributed by atoms with Gasteiger partial charge in [-0.3, -0.25) is 9.59 Å². The third-order valence-corrected chi connectivity index (χ3v) is 3.66. The lowest BCUT2D eigenvalue weighted by Gasteiger charge is -2.13. The normalized spacial score (nSPS) is 10.4. The average Bonchev–Trinajstić information content (AvgIpc) is 2.80. The molecule has 2 rings (SSSR count). The van der Waals surface area contributed by atoms with Crippen LogP contribution in [-0.2, 0) is 11.3 Å². The van der Waals surface area contributed by atoms with Crippen molar-refractivity contribution in [1.82, 2.24) is 4.57 Å². The van der Waals surface area contributed by atoms with E-state index in [9.17, 15) is 9.59 Å². The Morgan fingerprint density at radius 2 is 2.05 bits per heavy atom. The molecule has 1 heterocycles. The summed E-state index contributed by atoms with van der Waals surface area (Å²) in [5.74, 6) is -1.33. The number of amides is 1. The van der Waals surface area contributed by atoms with Gasteiger partial charge in [0.05, 0.1) is 5.69 Å². The van der Waals surface area contributed by atoms with E-state index in [4.69, 9.17) is 5.11 Å². The highest BCUT2D eigenvalue weighted by Gasteiger charge is 2.15. The standard InChI is InChI=1S/C15H15BrN2O3/c1-9-6-10(2)14(11(16)7-9)17-15(21)12-4-3-5-18(12)8-13(19)20/h3-7H,8H2,1-2H3,(H,17,21)(H,19,20). The molecule has 2 N–H and O–H groups in total. The van der Waals surface area contributed by atoms with Crippen molar-refractivity contribution in [2.45, 2.75) is 20.4 Å². The van der Waals surface area contributed by atoms with E-state index in [-0.39, 0.29) is 12.5 Å². The molecule has 0 aliphatic heterocycles. The topological polar surface area (TPSA) is 71.3 Å². The average molecular weight is 351 g/mol. The van der Waals surface area contributed by atoms with E-state index in [1.165, 1.54) is 4.57 Å². The van der Waals surface area contributed by atoms with Crippen molar-refractivity contribution < 1.29 is 14.7 Å². The second kappa shape index (κ2) is 6.13. The molecule has 0 radical (unpaired) electrons. The Bertz CT molecular complexity index is 684. The Morgan fingerprint density at radius 1 is 1.33 bits per heavy atom. The van der Waals surface area contributed by atoms with E-state index in [0.29, 0.717) is 11.4 Å². The van der Waals surface area contributed by atoms with Crippen LogP contribution in [0.5, 0.6) is 0 Å². The van der Waals surface area contributed by atoms with Crippen molar-refractivity contribution in [2.24, 2.45) is 0 Å². The van der Waals surface area contributed by atoms with Crippen LogP contribution in [0.3, 0.4) is 0 Å². The van der Waals surface area contributed by atoms with Gasteiger partial charge in [-0.05, 0) is 59.1 Å². The molecular weight excluding hydrogens is 336 g/mol. The minimum atomic E-state index is -0.993. The molecule has 5 nitrogen and oxygen atoms in total. The van der Waals surface area contributed by atoms with Crippen LogP contribution in [-0.4, -0.2) is 21.6 Å². The van der Waals surface area contributed by atoms with Crippen molar-refractivity contribution in [3.63, 3.8) is 0 Å². The van der Waals surface area contributed by atoms with Gasteiger partial charge in [0, 0.05) is 10.7 Å². The van der Waals surface area contributed by atoms with Crippen molar-refractivity contribution in [2.75, 3.05) is 5.32 Å². The number of hydrogen-bond acceptors (Lipinski definition) is 2. The highest BCUT2D eigenvalue weighted by molar-refractivity contribution is 9.10. The van der Waals surface area contributed by atoms with Gasteiger partial charge in [0.1, 0.15) is 12.2 Å². The predicted octanol–water partition coefficient (Wildman–Crippen LogP) is 3.20. The molecule has 6 heteroatoms. The lowest BCUT2D eigenvalue weighted by molar-refractivity contribution is -0.137. The van der Waals surface area contributed by atoms with Gasteiger partial charge in [0.2, 0.25) is 0 Å². The van der Waals surface area contributed by atoms with Gasteiger partial charge < -0.3 is 15.0 Å². The Labute approximate surface area is 130 Å². The first-order chi connectivity index (χ1) is 9.88. The number of carboxylic acid groups (broad SMARTS) is 1. The molecule has 110 valence electrons. The van der Waals surface area contributed by atoms with Crippen LogP contribution in [0.25, 0.3) is 0 Å². The van der Waals surface area contributed by atoms with Crippen molar-refractivity contribution in [3.05, 3.63) is 51.8 Å². The number of aryl methyl sites for hydroxylation is 2. The number of carboxylic acids is 1. The number of carbonyl (C=O) groups excluding carboxylic acids is 1. The molecule has 2 aromatic rings. The molecule has 0 spiro atoms. The third kappa shape index (κ3) is 3.52. The summed E-state index contributed by atoms with van der Waals surface area (Å²) >= 11 is 3.43. The number of anilines is 1. The van der Waals surface area contributed by atoms with Gasteiger partial charge in [-0.15, -0.1) is 0 Å². The lowest BCUT2D eigenvalue weighted by atomic mass is 10.1. The highest BCUT2D eigenvalue weighted by Crippen LogP contribution is 2.28. The zero-order valence-corrected chi connectivity index (χ0v) is 13.3. The maximum atomic E-state index is 12.3. The van der Waals surface area contributed by atoms with Crippen molar-refractivity contribution in [3.8, 4) is 0 Å². The number of carbonyl (C=O) groups is 2. The summed E-state index contributed by atoms with van der Waals surface area (Å²) < 4.78 is 2.19. The fraction of sp³-hybridized carbons (Fsp3) is 0.200. The number of aliphatic carboxylic acids is 1. The molecule has 0 unspecified atom stereocenters. The summed E-state index contributed by atoms with van der Waals surface area (Å²) in [6, 6.07) is 7.13. The lowest BCUT2D eigenvalue weighted by Crippen LogP contribution is -2.20. The molecule has 0 aliphatic carbocycles. The van der Waals surface area contributed by atoms with Gasteiger partial charge in [-0.25, -0.2) is 0 Å². The van der Waals surface area contributed by atoms with Gasteiger partial charge in [-0.2, -0.15) is 0 Å². The second-order valence-corrected chi connectivity index (χ2v) is 5.66. The number of halogens is 1. The highest BCUT2D eigenvalue weighted by atomic mass is 79.9. The van der Waals surface area contributed by atoms with Crippen LogP contribution in [0, 0.1) is 13.8 Å². The van der Waals surface area contributed by atoms with E-state index >= 15 is 0 Å². The van der Waals surface area contributed by atoms with Crippen molar-refractivity contribution in [1.29, 1.82) is 0 Å².